The summed E-state index contributed by atoms with van der Waals surface area (Å²) in [5.41, 5.74) is 6.06. The van der Waals surface area contributed by atoms with Crippen molar-refractivity contribution in [2.75, 3.05) is 13.1 Å². The van der Waals surface area contributed by atoms with Crippen LogP contribution in [-0.4, -0.2) is 52.6 Å². The van der Waals surface area contributed by atoms with Gasteiger partial charge < -0.3 is 14.5 Å². The van der Waals surface area contributed by atoms with Crippen molar-refractivity contribution in [3.05, 3.63) is 53.0 Å². The van der Waals surface area contributed by atoms with Crippen LogP contribution in [0.5, 0.6) is 0 Å². The smallest absolute Gasteiger partial charge is 0.244 e. The lowest BCUT2D eigenvalue weighted by Crippen LogP contribution is -2.60. The van der Waals surface area contributed by atoms with Gasteiger partial charge in [0.1, 0.15) is 10.7 Å². The number of hydroxylamine groups is 1. The summed E-state index contributed by atoms with van der Waals surface area (Å²) in [6.07, 6.45) is 5.52. The van der Waals surface area contributed by atoms with Crippen LogP contribution < -0.4 is 5.48 Å². The molecular weight excluding hydrogens is 428 g/mol. The van der Waals surface area contributed by atoms with Gasteiger partial charge in [-0.3, -0.25) is 0 Å². The maximum Gasteiger partial charge on any atom is 0.244 e. The van der Waals surface area contributed by atoms with Crippen molar-refractivity contribution in [2.24, 2.45) is 11.3 Å². The normalized spacial score (nSPS) is 31.3. The lowest BCUT2D eigenvalue weighted by atomic mass is 9.53. The molecule has 2 N–H and O–H groups in total. The number of piperidine rings is 1. The molecule has 0 bridgehead atoms. The van der Waals surface area contributed by atoms with Crippen LogP contribution in [0, 0.1) is 11.3 Å². The van der Waals surface area contributed by atoms with E-state index in [4.69, 9.17) is 4.84 Å². The molecule has 6 rings (SSSR count). The summed E-state index contributed by atoms with van der Waals surface area (Å²) >= 11 is 0. The van der Waals surface area contributed by atoms with E-state index in [0.717, 1.165) is 12.1 Å². The summed E-state index contributed by atoms with van der Waals surface area (Å²) in [4.78, 5) is 9.90. The van der Waals surface area contributed by atoms with Crippen molar-refractivity contribution in [2.45, 2.75) is 51.3 Å². The molecule has 170 valence electrons. The number of fused-ring (bicyclic) bond motifs is 3. The van der Waals surface area contributed by atoms with Gasteiger partial charge in [-0.1, -0.05) is 24.3 Å². The zero-order valence-corrected chi connectivity index (χ0v) is 19.0. The van der Waals surface area contributed by atoms with Crippen LogP contribution in [0.1, 0.15) is 44.7 Å². The topological polar surface area (TPSA) is 96.7 Å². The second-order valence-electron chi connectivity index (χ2n) is 9.66. The second-order valence-corrected chi connectivity index (χ2v) is 11.6. The first-order valence-electron chi connectivity index (χ1n) is 11.3. The highest BCUT2D eigenvalue weighted by Crippen LogP contribution is 2.59. The van der Waals surface area contributed by atoms with Gasteiger partial charge in [0, 0.05) is 24.6 Å². The Bertz CT molecular complexity index is 1210. The van der Waals surface area contributed by atoms with E-state index in [1.54, 1.807) is 18.2 Å². The number of imidazole rings is 1. The van der Waals surface area contributed by atoms with Gasteiger partial charge in [0.15, 0.2) is 0 Å². The first-order valence-corrected chi connectivity index (χ1v) is 12.7. The minimum Gasteiger partial charge on any atom is -0.412 e. The van der Waals surface area contributed by atoms with Crippen molar-refractivity contribution in [1.29, 1.82) is 0 Å². The van der Waals surface area contributed by atoms with Crippen molar-refractivity contribution in [3.63, 3.8) is 0 Å². The lowest BCUT2D eigenvalue weighted by Gasteiger charge is -2.57. The summed E-state index contributed by atoms with van der Waals surface area (Å²) in [5, 5.41) is 11.4. The van der Waals surface area contributed by atoms with E-state index in [2.05, 4.69) is 33.2 Å². The predicted molar refractivity (Wildman–Crippen MR) is 118 cm³/mol. The predicted octanol–water partition coefficient (Wildman–Crippen LogP) is 2.40. The van der Waals surface area contributed by atoms with Crippen molar-refractivity contribution < 1.29 is 18.4 Å². The number of allylic oxidation sites excluding steroid dienone is 1. The Kier molecular flexibility index (Phi) is 4.40. The molecule has 1 aromatic carbocycles. The summed E-state index contributed by atoms with van der Waals surface area (Å²) in [5.74, 6) is 0.518. The average Bonchev–Trinajstić information content (AvgIpc) is 3.47. The second kappa shape index (κ2) is 6.90. The van der Waals surface area contributed by atoms with E-state index in [1.807, 2.05) is 18.6 Å². The van der Waals surface area contributed by atoms with Crippen LogP contribution in [0.4, 0.5) is 0 Å². The largest absolute Gasteiger partial charge is 0.412 e. The number of aliphatic hydroxyl groups is 1. The number of nitrogens with one attached hydrogen (secondary N) is 1. The molecule has 4 aliphatic rings. The van der Waals surface area contributed by atoms with Crippen LogP contribution in [0.15, 0.2) is 47.5 Å². The molecule has 0 amide bonds. The minimum absolute atomic E-state index is 0.0847. The molecule has 2 aromatic rings. The molecule has 0 radical (unpaired) electrons. The Morgan fingerprint density at radius 3 is 2.69 bits per heavy atom. The van der Waals surface area contributed by atoms with Crippen molar-refractivity contribution >= 4 is 10.0 Å². The maximum atomic E-state index is 13.2. The van der Waals surface area contributed by atoms with Crippen molar-refractivity contribution in [3.8, 4) is 11.3 Å². The van der Waals surface area contributed by atoms with Crippen LogP contribution in [0.3, 0.4) is 0 Å². The van der Waals surface area contributed by atoms with Crippen molar-refractivity contribution in [1.82, 2.24) is 19.3 Å². The van der Waals surface area contributed by atoms with E-state index in [0.29, 0.717) is 36.6 Å². The van der Waals surface area contributed by atoms with E-state index < -0.39 is 16.1 Å². The number of benzene rings is 1. The van der Waals surface area contributed by atoms with Gasteiger partial charge in [-0.15, -0.1) is 5.48 Å². The highest BCUT2D eigenvalue weighted by Gasteiger charge is 2.58. The Morgan fingerprint density at radius 1 is 1.25 bits per heavy atom. The molecule has 1 saturated heterocycles. The van der Waals surface area contributed by atoms with Gasteiger partial charge in [0.05, 0.1) is 36.4 Å². The molecular formula is C23H28N4O4S. The summed E-state index contributed by atoms with van der Waals surface area (Å²) < 4.78 is 30.2. The molecule has 9 heteroatoms. The minimum atomic E-state index is -3.58. The van der Waals surface area contributed by atoms with Gasteiger partial charge in [0.2, 0.25) is 10.0 Å². The van der Waals surface area contributed by atoms with Gasteiger partial charge in [0.25, 0.3) is 0 Å². The maximum absolute atomic E-state index is 13.2. The number of hydrogen-bond donors (Lipinski definition) is 2. The Balaban J connectivity index is 1.20. The number of aliphatic hydroxyl groups excluding tert-OH is 1. The molecule has 1 aromatic heterocycles. The monoisotopic (exact) mass is 456 g/mol. The molecule has 2 fully saturated rings. The number of rotatable bonds is 3. The van der Waals surface area contributed by atoms with Gasteiger partial charge in [-0.05, 0) is 44.1 Å². The first kappa shape index (κ1) is 20.4. The first-order chi connectivity index (χ1) is 15.3. The molecule has 1 spiro atoms. The molecule has 1 saturated carbocycles. The van der Waals surface area contributed by atoms with Crippen LogP contribution >= 0.6 is 0 Å². The molecule has 4 atom stereocenters. The van der Waals surface area contributed by atoms with E-state index in [9.17, 15) is 13.5 Å². The number of hydrogen-bond acceptors (Lipinski definition) is 6. The number of sulfonamides is 1. The number of nitrogens with zero attached hydrogens (tertiary/aromatic N) is 3. The highest BCUT2D eigenvalue weighted by atomic mass is 32.2. The van der Waals surface area contributed by atoms with Gasteiger partial charge in [-0.2, -0.15) is 4.31 Å². The summed E-state index contributed by atoms with van der Waals surface area (Å²) in [6.45, 7) is 4.32. The fourth-order valence-electron chi connectivity index (χ4n) is 6.39. The SMILES string of the molecule is CC1=C(S(=O)(=O)N2CCC3(CC2)C[C@@H]([C@H]2c4ccccc4-c4cncn42)[C@H]3O)C(C)NO1. The van der Waals surface area contributed by atoms with E-state index in [1.165, 1.54) is 11.1 Å². The summed E-state index contributed by atoms with van der Waals surface area (Å²) in [7, 11) is -3.58. The van der Waals surface area contributed by atoms with Gasteiger partial charge in [-0.25, -0.2) is 13.4 Å². The standard InChI is InChI=1S/C23H28N4O4S/c1-14-21(15(2)31-25-14)32(29,30)26-9-7-23(8-10-26)11-18(22(23)28)20-17-6-4-3-5-16(17)19-12-24-13-27(19)20/h3-6,12-14,18,20,22,25,28H,7-11H2,1-2H3/t14?,18-,20+,22+/m0/s1. The summed E-state index contributed by atoms with van der Waals surface area (Å²) in [6, 6.07) is 8.08. The zero-order chi connectivity index (χ0) is 22.3. The zero-order valence-electron chi connectivity index (χ0n) is 18.2. The third-order valence-corrected chi connectivity index (χ3v) is 10.3. The molecule has 1 unspecified atom stereocenters. The highest BCUT2D eigenvalue weighted by molar-refractivity contribution is 7.93. The van der Waals surface area contributed by atoms with Crippen LogP contribution in [-0.2, 0) is 14.9 Å². The van der Waals surface area contributed by atoms with E-state index >= 15 is 0 Å². The number of aromatic nitrogens is 2. The third kappa shape index (κ3) is 2.65. The molecule has 4 heterocycles. The van der Waals surface area contributed by atoms with Crippen LogP contribution in [0.2, 0.25) is 0 Å². The molecule has 3 aliphatic heterocycles. The Labute approximate surface area is 187 Å². The Hall–Kier alpha value is -2.20. The average molecular weight is 457 g/mol. The van der Waals surface area contributed by atoms with E-state index in [-0.39, 0.29) is 23.4 Å². The molecule has 32 heavy (non-hydrogen) atoms. The third-order valence-electron chi connectivity index (χ3n) is 8.07. The van der Waals surface area contributed by atoms with Gasteiger partial charge >= 0.3 is 0 Å². The van der Waals surface area contributed by atoms with Crippen LogP contribution in [0.25, 0.3) is 11.3 Å². The lowest BCUT2D eigenvalue weighted by molar-refractivity contribution is -0.152. The fourth-order valence-corrected chi connectivity index (χ4v) is 8.23. The molecule has 8 nitrogen and oxygen atoms in total. The quantitative estimate of drug-likeness (QED) is 0.736. The molecule has 1 aliphatic carbocycles. The Morgan fingerprint density at radius 2 is 2.00 bits per heavy atom. The fraction of sp³-hybridized carbons (Fsp3) is 0.522.